The maximum Gasteiger partial charge on any atom is 0.275 e. The molecule has 0 aliphatic heterocycles. The van der Waals surface area contributed by atoms with Crippen molar-refractivity contribution in [1.29, 1.82) is 0 Å². The van der Waals surface area contributed by atoms with Crippen LogP contribution < -0.4 is 11.3 Å². The third kappa shape index (κ3) is 3.42. The lowest BCUT2D eigenvalue weighted by atomic mass is 10.2. The van der Waals surface area contributed by atoms with Gasteiger partial charge in [-0.1, -0.05) is 17.7 Å². The highest BCUT2D eigenvalue weighted by Crippen LogP contribution is 2.30. The maximum absolute atomic E-state index is 11.5. The van der Waals surface area contributed by atoms with Gasteiger partial charge in [0.25, 0.3) is 5.91 Å². The molecule has 1 amide bonds. The largest absolute Gasteiger partial charge is 0.289 e. The number of carbonyl (C=O) groups is 1. The van der Waals surface area contributed by atoms with Crippen molar-refractivity contribution in [1.82, 2.24) is 5.43 Å². The van der Waals surface area contributed by atoms with Crippen LogP contribution in [-0.4, -0.2) is 5.91 Å². The Bertz CT molecular complexity index is 635. The first-order valence-corrected chi connectivity index (χ1v) is 8.11. The van der Waals surface area contributed by atoms with Gasteiger partial charge >= 0.3 is 0 Å². The molecule has 5 heteroatoms. The summed E-state index contributed by atoms with van der Waals surface area (Å²) >= 11 is 3.28. The molecule has 0 radical (unpaired) electrons. The fraction of sp³-hybridized carbons (Fsp3) is 0.267. The number of nitrogens with one attached hydrogen (secondary N) is 1. The molecule has 0 fully saturated rings. The number of thiophene rings is 1. The normalized spacial score (nSPS) is 10.6. The Morgan fingerprint density at radius 3 is 2.70 bits per heavy atom. The van der Waals surface area contributed by atoms with Crippen molar-refractivity contribution < 1.29 is 4.79 Å². The number of rotatable bonds is 4. The molecular weight excluding hydrogens is 288 g/mol. The van der Waals surface area contributed by atoms with Crippen LogP contribution in [0.25, 0.3) is 0 Å². The van der Waals surface area contributed by atoms with Gasteiger partial charge in [-0.15, -0.1) is 23.1 Å². The third-order valence-electron chi connectivity index (χ3n) is 3.09. The number of amides is 1. The van der Waals surface area contributed by atoms with Gasteiger partial charge in [0.2, 0.25) is 0 Å². The SMILES string of the molecule is Cc1ccc(SCc2cc(C(=O)NN)sc2C)c(C)c1. The molecule has 1 heterocycles. The van der Waals surface area contributed by atoms with Crippen LogP contribution >= 0.6 is 23.1 Å². The molecule has 0 aliphatic carbocycles. The molecule has 0 saturated heterocycles. The standard InChI is InChI=1S/C15H18N2OS2/c1-9-4-5-13(10(2)6-9)19-8-12-7-14(15(18)17-16)20-11(12)3/h4-7H,8,16H2,1-3H3,(H,17,18). The zero-order chi connectivity index (χ0) is 14.7. The number of hydrazine groups is 1. The molecular formula is C15H18N2OS2. The van der Waals surface area contributed by atoms with Crippen molar-refractivity contribution >= 4 is 29.0 Å². The van der Waals surface area contributed by atoms with Gasteiger partial charge in [0.05, 0.1) is 4.88 Å². The highest BCUT2D eigenvalue weighted by atomic mass is 32.2. The van der Waals surface area contributed by atoms with E-state index in [1.165, 1.54) is 37.8 Å². The number of aryl methyl sites for hydroxylation is 3. The van der Waals surface area contributed by atoms with Gasteiger partial charge < -0.3 is 0 Å². The van der Waals surface area contributed by atoms with Crippen LogP contribution in [0.2, 0.25) is 0 Å². The highest BCUT2D eigenvalue weighted by Gasteiger charge is 2.11. The van der Waals surface area contributed by atoms with E-state index in [-0.39, 0.29) is 5.91 Å². The lowest BCUT2D eigenvalue weighted by molar-refractivity contribution is 0.0957. The molecule has 2 aromatic rings. The Hall–Kier alpha value is -1.30. The first-order chi connectivity index (χ1) is 9.51. The number of thioether (sulfide) groups is 1. The van der Waals surface area contributed by atoms with Crippen LogP contribution in [0.3, 0.4) is 0 Å². The molecule has 0 aliphatic rings. The van der Waals surface area contributed by atoms with E-state index in [1.807, 2.05) is 13.0 Å². The molecule has 0 atom stereocenters. The van der Waals surface area contributed by atoms with Crippen LogP contribution in [-0.2, 0) is 5.75 Å². The monoisotopic (exact) mass is 306 g/mol. The summed E-state index contributed by atoms with van der Waals surface area (Å²) in [4.78, 5) is 14.6. The van der Waals surface area contributed by atoms with Gasteiger partial charge in [-0.05, 0) is 44.0 Å². The number of hydrogen-bond donors (Lipinski definition) is 2. The molecule has 2 rings (SSSR count). The number of carbonyl (C=O) groups excluding carboxylic acids is 1. The van der Waals surface area contributed by atoms with Crippen molar-refractivity contribution in [3.63, 3.8) is 0 Å². The number of nitrogens with two attached hydrogens (primary N) is 1. The topological polar surface area (TPSA) is 55.1 Å². The van der Waals surface area contributed by atoms with E-state index in [1.54, 1.807) is 11.8 Å². The smallest absolute Gasteiger partial charge is 0.275 e. The Kier molecular flexibility index (Phi) is 4.86. The summed E-state index contributed by atoms with van der Waals surface area (Å²) < 4.78 is 0. The van der Waals surface area contributed by atoms with Gasteiger partial charge in [-0.25, -0.2) is 5.84 Å². The van der Waals surface area contributed by atoms with Gasteiger partial charge in [0, 0.05) is 15.5 Å². The van der Waals surface area contributed by atoms with Gasteiger partial charge in [0.15, 0.2) is 0 Å². The molecule has 0 spiro atoms. The molecule has 1 aromatic heterocycles. The highest BCUT2D eigenvalue weighted by molar-refractivity contribution is 7.98. The van der Waals surface area contributed by atoms with E-state index >= 15 is 0 Å². The summed E-state index contributed by atoms with van der Waals surface area (Å²) in [6.07, 6.45) is 0. The molecule has 0 bridgehead atoms. The number of nitrogen functional groups attached to an aromatic ring is 1. The molecule has 3 nitrogen and oxygen atoms in total. The van der Waals surface area contributed by atoms with Crippen molar-refractivity contribution in [2.45, 2.75) is 31.4 Å². The minimum atomic E-state index is -0.221. The Morgan fingerprint density at radius 2 is 2.05 bits per heavy atom. The summed E-state index contributed by atoms with van der Waals surface area (Å²) in [7, 11) is 0. The zero-order valence-corrected chi connectivity index (χ0v) is 13.5. The van der Waals surface area contributed by atoms with E-state index in [9.17, 15) is 4.79 Å². The summed E-state index contributed by atoms with van der Waals surface area (Å²) in [5.74, 6) is 5.81. The molecule has 0 saturated carbocycles. The number of benzene rings is 1. The van der Waals surface area contributed by atoms with E-state index < -0.39 is 0 Å². The second-order valence-electron chi connectivity index (χ2n) is 4.72. The Labute approximate surface area is 127 Å². The van der Waals surface area contributed by atoms with Crippen molar-refractivity contribution in [2.24, 2.45) is 5.84 Å². The number of hydrogen-bond acceptors (Lipinski definition) is 4. The van der Waals surface area contributed by atoms with Gasteiger partial charge in [-0.2, -0.15) is 0 Å². The zero-order valence-electron chi connectivity index (χ0n) is 11.8. The molecule has 106 valence electrons. The van der Waals surface area contributed by atoms with Crippen molar-refractivity contribution in [3.05, 3.63) is 50.7 Å². The second kappa shape index (κ2) is 6.43. The van der Waals surface area contributed by atoms with Crippen LogP contribution in [0.15, 0.2) is 29.2 Å². The average Bonchev–Trinajstić information content (AvgIpc) is 2.78. The van der Waals surface area contributed by atoms with E-state index in [2.05, 4.69) is 37.5 Å². The van der Waals surface area contributed by atoms with Crippen LogP contribution in [0.4, 0.5) is 0 Å². The van der Waals surface area contributed by atoms with Crippen LogP contribution in [0.5, 0.6) is 0 Å². The van der Waals surface area contributed by atoms with Crippen LogP contribution in [0, 0.1) is 20.8 Å². The molecule has 1 aromatic carbocycles. The molecule has 20 heavy (non-hydrogen) atoms. The quantitative estimate of drug-likeness (QED) is 0.393. The summed E-state index contributed by atoms with van der Waals surface area (Å²) in [6, 6.07) is 8.41. The molecule has 3 N–H and O–H groups in total. The summed E-state index contributed by atoms with van der Waals surface area (Å²) in [5, 5.41) is 0. The first kappa shape index (κ1) is 15.1. The maximum atomic E-state index is 11.5. The van der Waals surface area contributed by atoms with Crippen molar-refractivity contribution in [3.8, 4) is 0 Å². The minimum absolute atomic E-state index is 0.221. The summed E-state index contributed by atoms with van der Waals surface area (Å²) in [5.41, 5.74) is 5.94. The Balaban J connectivity index is 2.11. The third-order valence-corrected chi connectivity index (χ3v) is 5.41. The second-order valence-corrected chi connectivity index (χ2v) is 7.00. The lowest BCUT2D eigenvalue weighted by Crippen LogP contribution is -2.29. The summed E-state index contributed by atoms with van der Waals surface area (Å²) in [6.45, 7) is 6.27. The van der Waals surface area contributed by atoms with E-state index in [0.29, 0.717) is 4.88 Å². The van der Waals surface area contributed by atoms with Gasteiger partial charge in [-0.3, -0.25) is 10.2 Å². The fourth-order valence-electron chi connectivity index (χ4n) is 1.96. The van der Waals surface area contributed by atoms with Crippen LogP contribution in [0.1, 0.15) is 31.2 Å². The Morgan fingerprint density at radius 1 is 1.30 bits per heavy atom. The lowest BCUT2D eigenvalue weighted by Gasteiger charge is -2.06. The predicted molar refractivity (Wildman–Crippen MR) is 86.2 cm³/mol. The molecule has 0 unspecified atom stereocenters. The average molecular weight is 306 g/mol. The van der Waals surface area contributed by atoms with Gasteiger partial charge in [0.1, 0.15) is 0 Å². The fourth-order valence-corrected chi connectivity index (χ4v) is 4.06. The minimum Gasteiger partial charge on any atom is -0.289 e. The van der Waals surface area contributed by atoms with E-state index in [0.717, 1.165) is 5.75 Å². The van der Waals surface area contributed by atoms with Crippen molar-refractivity contribution in [2.75, 3.05) is 0 Å². The predicted octanol–water partition coefficient (Wildman–Crippen LogP) is 3.57. The van der Waals surface area contributed by atoms with E-state index in [4.69, 9.17) is 5.84 Å². The first-order valence-electron chi connectivity index (χ1n) is 6.31.